The Morgan fingerprint density at radius 2 is 2.17 bits per heavy atom. The number of anilines is 1. The average molecular weight is 241 g/mol. The molecule has 0 aliphatic rings. The molecule has 0 bridgehead atoms. The number of nitrogens with one attached hydrogen (secondary N) is 1. The van der Waals surface area contributed by atoms with Crippen LogP contribution in [0.1, 0.15) is 21.5 Å². The molecule has 18 heavy (non-hydrogen) atoms. The molecule has 1 aromatic carbocycles. The predicted molar refractivity (Wildman–Crippen MR) is 71.3 cm³/mol. The van der Waals surface area contributed by atoms with Crippen LogP contribution in [0.2, 0.25) is 0 Å². The van der Waals surface area contributed by atoms with Gasteiger partial charge < -0.3 is 11.1 Å². The minimum atomic E-state index is -0.166. The number of hydrogen-bond donors (Lipinski definition) is 2. The van der Waals surface area contributed by atoms with Crippen molar-refractivity contribution in [1.82, 2.24) is 4.98 Å². The summed E-state index contributed by atoms with van der Waals surface area (Å²) >= 11 is 0. The van der Waals surface area contributed by atoms with Gasteiger partial charge in [0.1, 0.15) is 5.82 Å². The van der Waals surface area contributed by atoms with Gasteiger partial charge in [-0.2, -0.15) is 0 Å². The molecule has 0 unspecified atom stereocenters. The number of rotatable bonds is 3. The fraction of sp³-hybridized carbons (Fsp3) is 0.143. The Hall–Kier alpha value is -2.20. The highest BCUT2D eigenvalue weighted by atomic mass is 16.1. The van der Waals surface area contributed by atoms with Gasteiger partial charge in [0.05, 0.1) is 0 Å². The van der Waals surface area contributed by atoms with Crippen LogP contribution in [0.4, 0.5) is 5.82 Å². The van der Waals surface area contributed by atoms with Crippen molar-refractivity contribution in [2.24, 2.45) is 5.73 Å². The highest BCUT2D eigenvalue weighted by Gasteiger charge is 2.06. The Kier molecular flexibility index (Phi) is 3.69. The molecule has 0 radical (unpaired) electrons. The van der Waals surface area contributed by atoms with Crippen molar-refractivity contribution in [3.05, 3.63) is 59.3 Å². The molecule has 92 valence electrons. The maximum atomic E-state index is 12.0. The van der Waals surface area contributed by atoms with Crippen LogP contribution in [0.3, 0.4) is 0 Å². The zero-order chi connectivity index (χ0) is 13.0. The lowest BCUT2D eigenvalue weighted by Gasteiger charge is -2.06. The first-order valence-electron chi connectivity index (χ1n) is 5.72. The molecule has 0 aliphatic carbocycles. The fourth-order valence-corrected chi connectivity index (χ4v) is 1.64. The van der Waals surface area contributed by atoms with Gasteiger partial charge in [-0.3, -0.25) is 4.79 Å². The monoisotopic (exact) mass is 241 g/mol. The van der Waals surface area contributed by atoms with Crippen molar-refractivity contribution in [3.8, 4) is 0 Å². The largest absolute Gasteiger partial charge is 0.326 e. The number of carbonyl (C=O) groups is 1. The molecule has 4 heteroatoms. The average Bonchev–Trinajstić information content (AvgIpc) is 2.39. The van der Waals surface area contributed by atoms with Gasteiger partial charge in [0.2, 0.25) is 0 Å². The van der Waals surface area contributed by atoms with Gasteiger partial charge in [-0.05, 0) is 36.8 Å². The lowest BCUT2D eigenvalue weighted by molar-refractivity contribution is 0.102. The summed E-state index contributed by atoms with van der Waals surface area (Å²) in [6.45, 7) is 2.37. The van der Waals surface area contributed by atoms with Crippen molar-refractivity contribution < 1.29 is 4.79 Å². The summed E-state index contributed by atoms with van der Waals surface area (Å²) < 4.78 is 0. The van der Waals surface area contributed by atoms with Crippen molar-refractivity contribution in [3.63, 3.8) is 0 Å². The third kappa shape index (κ3) is 2.93. The van der Waals surface area contributed by atoms with Crippen LogP contribution in [-0.4, -0.2) is 10.9 Å². The molecular weight excluding hydrogens is 226 g/mol. The van der Waals surface area contributed by atoms with E-state index in [-0.39, 0.29) is 5.91 Å². The van der Waals surface area contributed by atoms with Gasteiger partial charge in [-0.1, -0.05) is 17.7 Å². The van der Waals surface area contributed by atoms with Gasteiger partial charge in [-0.15, -0.1) is 0 Å². The second-order valence-corrected chi connectivity index (χ2v) is 4.08. The number of benzene rings is 1. The Balaban J connectivity index is 2.16. The SMILES string of the molecule is Cc1cccc(C(=O)Nc2cc(CN)ccn2)c1. The van der Waals surface area contributed by atoms with E-state index < -0.39 is 0 Å². The Bertz CT molecular complexity index is 566. The maximum Gasteiger partial charge on any atom is 0.256 e. The standard InChI is InChI=1S/C14H15N3O/c1-10-3-2-4-12(7-10)14(18)17-13-8-11(9-15)5-6-16-13/h2-8H,9,15H2,1H3,(H,16,17,18). The minimum absolute atomic E-state index is 0.166. The molecule has 0 atom stereocenters. The number of nitrogens with two attached hydrogens (primary N) is 1. The highest BCUT2D eigenvalue weighted by molar-refractivity contribution is 6.03. The smallest absolute Gasteiger partial charge is 0.256 e. The number of carbonyl (C=O) groups excluding carboxylic acids is 1. The van der Waals surface area contributed by atoms with Crippen molar-refractivity contribution in [1.29, 1.82) is 0 Å². The van der Waals surface area contributed by atoms with Crippen LogP contribution in [-0.2, 0) is 6.54 Å². The van der Waals surface area contributed by atoms with Gasteiger partial charge in [0, 0.05) is 18.3 Å². The lowest BCUT2D eigenvalue weighted by Crippen LogP contribution is -2.13. The molecule has 0 saturated carbocycles. The van der Waals surface area contributed by atoms with Crippen LogP contribution >= 0.6 is 0 Å². The summed E-state index contributed by atoms with van der Waals surface area (Å²) in [7, 11) is 0. The molecule has 0 spiro atoms. The van der Waals surface area contributed by atoms with Crippen LogP contribution in [0.15, 0.2) is 42.6 Å². The van der Waals surface area contributed by atoms with Gasteiger partial charge >= 0.3 is 0 Å². The van der Waals surface area contributed by atoms with E-state index in [1.165, 1.54) is 0 Å². The fourth-order valence-electron chi connectivity index (χ4n) is 1.64. The summed E-state index contributed by atoms with van der Waals surface area (Å²) in [5.41, 5.74) is 8.14. The van der Waals surface area contributed by atoms with Crippen molar-refractivity contribution >= 4 is 11.7 Å². The van der Waals surface area contributed by atoms with E-state index >= 15 is 0 Å². The lowest BCUT2D eigenvalue weighted by atomic mass is 10.1. The number of hydrogen-bond acceptors (Lipinski definition) is 3. The summed E-state index contributed by atoms with van der Waals surface area (Å²) in [6.07, 6.45) is 1.63. The summed E-state index contributed by atoms with van der Waals surface area (Å²) in [6, 6.07) is 11.0. The van der Waals surface area contributed by atoms with Gasteiger partial charge in [0.25, 0.3) is 5.91 Å². The van der Waals surface area contributed by atoms with E-state index in [1.807, 2.05) is 31.2 Å². The van der Waals surface area contributed by atoms with Crippen LogP contribution in [0, 0.1) is 6.92 Å². The normalized spacial score (nSPS) is 10.1. The third-order valence-electron chi connectivity index (χ3n) is 2.58. The Labute approximate surface area is 106 Å². The first kappa shape index (κ1) is 12.3. The van der Waals surface area contributed by atoms with E-state index in [1.54, 1.807) is 18.3 Å². The Morgan fingerprint density at radius 1 is 1.33 bits per heavy atom. The first-order valence-corrected chi connectivity index (χ1v) is 5.72. The number of pyridine rings is 1. The van der Waals surface area contributed by atoms with Crippen molar-refractivity contribution in [2.75, 3.05) is 5.32 Å². The molecule has 0 aliphatic heterocycles. The van der Waals surface area contributed by atoms with E-state index in [0.29, 0.717) is 17.9 Å². The van der Waals surface area contributed by atoms with Crippen molar-refractivity contribution in [2.45, 2.75) is 13.5 Å². The number of amides is 1. The molecule has 1 aromatic heterocycles. The molecule has 2 aromatic rings. The van der Waals surface area contributed by atoms with E-state index in [2.05, 4.69) is 10.3 Å². The molecule has 1 heterocycles. The zero-order valence-corrected chi connectivity index (χ0v) is 10.2. The summed E-state index contributed by atoms with van der Waals surface area (Å²) in [5.74, 6) is 0.352. The second-order valence-electron chi connectivity index (χ2n) is 4.08. The van der Waals surface area contributed by atoms with Crippen LogP contribution < -0.4 is 11.1 Å². The van der Waals surface area contributed by atoms with Crippen LogP contribution in [0.5, 0.6) is 0 Å². The molecule has 0 saturated heterocycles. The molecule has 4 nitrogen and oxygen atoms in total. The zero-order valence-electron chi connectivity index (χ0n) is 10.2. The van der Waals surface area contributed by atoms with E-state index in [0.717, 1.165) is 11.1 Å². The molecule has 1 amide bonds. The topological polar surface area (TPSA) is 68.0 Å². The highest BCUT2D eigenvalue weighted by Crippen LogP contribution is 2.10. The number of nitrogens with zero attached hydrogens (tertiary/aromatic N) is 1. The molecule has 2 rings (SSSR count). The van der Waals surface area contributed by atoms with Gasteiger partial charge in [-0.25, -0.2) is 4.98 Å². The molecule has 3 N–H and O–H groups in total. The van der Waals surface area contributed by atoms with E-state index in [4.69, 9.17) is 5.73 Å². The van der Waals surface area contributed by atoms with Gasteiger partial charge in [0.15, 0.2) is 0 Å². The third-order valence-corrected chi connectivity index (χ3v) is 2.58. The number of aryl methyl sites for hydroxylation is 1. The first-order chi connectivity index (χ1) is 8.69. The second kappa shape index (κ2) is 5.42. The Morgan fingerprint density at radius 3 is 2.89 bits per heavy atom. The summed E-state index contributed by atoms with van der Waals surface area (Å²) in [4.78, 5) is 16.1. The quantitative estimate of drug-likeness (QED) is 0.864. The predicted octanol–water partition coefficient (Wildman–Crippen LogP) is 2.10. The maximum absolute atomic E-state index is 12.0. The molecular formula is C14H15N3O. The van der Waals surface area contributed by atoms with E-state index in [9.17, 15) is 4.79 Å². The molecule has 0 fully saturated rings. The summed E-state index contributed by atoms with van der Waals surface area (Å²) in [5, 5.41) is 2.75. The minimum Gasteiger partial charge on any atom is -0.326 e. The number of aromatic nitrogens is 1. The van der Waals surface area contributed by atoms with Crippen LogP contribution in [0.25, 0.3) is 0 Å².